The molecule has 19 heavy (non-hydrogen) atoms. The molecule has 1 aromatic carbocycles. The van der Waals surface area contributed by atoms with Gasteiger partial charge in [0.25, 0.3) is 0 Å². The van der Waals surface area contributed by atoms with Crippen molar-refractivity contribution in [3.05, 3.63) is 27.7 Å². The van der Waals surface area contributed by atoms with E-state index >= 15 is 0 Å². The molecule has 1 aromatic rings. The topological polar surface area (TPSA) is 69.6 Å². The van der Waals surface area contributed by atoms with Crippen molar-refractivity contribution < 1.29 is 14.7 Å². The Labute approximate surface area is 123 Å². The lowest BCUT2D eigenvalue weighted by atomic mass is 10.1. The van der Waals surface area contributed by atoms with Gasteiger partial charge < -0.3 is 15.3 Å². The molecule has 102 valence electrons. The second-order valence-corrected chi connectivity index (χ2v) is 5.59. The quantitative estimate of drug-likeness (QED) is 0.864. The lowest BCUT2D eigenvalue weighted by Crippen LogP contribution is -2.33. The third-order valence-corrected chi connectivity index (χ3v) is 4.21. The maximum Gasteiger partial charge on any atom is 0.321 e. The van der Waals surface area contributed by atoms with Crippen LogP contribution in [0, 0.1) is 5.92 Å². The predicted octanol–water partition coefficient (Wildman–Crippen LogP) is 3.04. The van der Waals surface area contributed by atoms with E-state index in [1.165, 1.54) is 4.90 Å². The number of aliphatic carboxylic acids is 1. The van der Waals surface area contributed by atoms with Crippen LogP contribution < -0.4 is 5.32 Å². The van der Waals surface area contributed by atoms with Gasteiger partial charge in [-0.2, -0.15) is 0 Å². The fraction of sp³-hybridized carbons (Fsp3) is 0.333. The molecule has 0 spiro atoms. The summed E-state index contributed by atoms with van der Waals surface area (Å²) in [5, 5.41) is 12.2. The number of carboxylic acid groups (broad SMARTS) is 1. The third kappa shape index (κ3) is 3.39. The van der Waals surface area contributed by atoms with Gasteiger partial charge in [0.05, 0.1) is 10.9 Å². The first-order chi connectivity index (χ1) is 8.97. The SMILES string of the molecule is O=C(O)C1CCN(C(=O)Nc2ccc(Cl)c(Br)c2)C1. The van der Waals surface area contributed by atoms with Gasteiger partial charge in [-0.25, -0.2) is 4.79 Å². The minimum absolute atomic E-state index is 0.246. The zero-order valence-electron chi connectivity index (χ0n) is 9.90. The van der Waals surface area contributed by atoms with E-state index in [1.807, 2.05) is 0 Å². The molecule has 1 saturated heterocycles. The number of nitrogens with one attached hydrogen (secondary N) is 1. The molecule has 0 saturated carbocycles. The fourth-order valence-electron chi connectivity index (χ4n) is 1.92. The second-order valence-electron chi connectivity index (χ2n) is 4.33. The number of anilines is 1. The van der Waals surface area contributed by atoms with Crippen molar-refractivity contribution in [2.24, 2.45) is 5.92 Å². The van der Waals surface area contributed by atoms with Crippen LogP contribution in [0.25, 0.3) is 0 Å². The Balaban J connectivity index is 1.98. The van der Waals surface area contributed by atoms with Crippen LogP contribution in [0.3, 0.4) is 0 Å². The van der Waals surface area contributed by atoms with Crippen molar-refractivity contribution in [3.63, 3.8) is 0 Å². The van der Waals surface area contributed by atoms with Gasteiger partial charge in [0.1, 0.15) is 0 Å². The van der Waals surface area contributed by atoms with Crippen LogP contribution in [0.15, 0.2) is 22.7 Å². The highest BCUT2D eigenvalue weighted by Gasteiger charge is 2.30. The zero-order valence-corrected chi connectivity index (χ0v) is 12.2. The van der Waals surface area contributed by atoms with E-state index in [9.17, 15) is 9.59 Å². The van der Waals surface area contributed by atoms with Crippen LogP contribution in [0.1, 0.15) is 6.42 Å². The van der Waals surface area contributed by atoms with Crippen LogP contribution in [0.5, 0.6) is 0 Å². The molecule has 2 amide bonds. The first-order valence-corrected chi connectivity index (χ1v) is 6.88. The highest BCUT2D eigenvalue weighted by Crippen LogP contribution is 2.26. The largest absolute Gasteiger partial charge is 0.481 e. The summed E-state index contributed by atoms with van der Waals surface area (Å²) < 4.78 is 0.691. The molecular formula is C12H12BrClN2O3. The number of carboxylic acids is 1. The van der Waals surface area contributed by atoms with Gasteiger partial charge >= 0.3 is 12.0 Å². The van der Waals surface area contributed by atoms with Crippen LogP contribution in [-0.2, 0) is 4.79 Å². The van der Waals surface area contributed by atoms with Crippen molar-refractivity contribution in [2.45, 2.75) is 6.42 Å². The Morgan fingerprint density at radius 2 is 2.21 bits per heavy atom. The molecule has 1 heterocycles. The summed E-state index contributed by atoms with van der Waals surface area (Å²) in [6.07, 6.45) is 0.493. The van der Waals surface area contributed by atoms with E-state index in [4.69, 9.17) is 16.7 Å². The van der Waals surface area contributed by atoms with Gasteiger partial charge in [-0.15, -0.1) is 0 Å². The molecule has 5 nitrogen and oxygen atoms in total. The molecule has 1 unspecified atom stereocenters. The van der Waals surface area contributed by atoms with E-state index in [0.29, 0.717) is 28.1 Å². The molecule has 1 atom stereocenters. The molecule has 0 aromatic heterocycles. The number of carbonyl (C=O) groups excluding carboxylic acids is 1. The number of rotatable bonds is 2. The average molecular weight is 348 g/mol. The van der Waals surface area contributed by atoms with Crippen molar-refractivity contribution in [2.75, 3.05) is 18.4 Å². The Hall–Kier alpha value is -1.27. The summed E-state index contributed by atoms with van der Waals surface area (Å²) in [6.45, 7) is 0.702. The summed E-state index contributed by atoms with van der Waals surface area (Å²) in [4.78, 5) is 24.3. The highest BCUT2D eigenvalue weighted by atomic mass is 79.9. The maximum atomic E-state index is 12.0. The van der Waals surface area contributed by atoms with Gasteiger partial charge in [0, 0.05) is 23.2 Å². The van der Waals surface area contributed by atoms with Crippen LogP contribution in [-0.4, -0.2) is 35.1 Å². The van der Waals surface area contributed by atoms with E-state index in [1.54, 1.807) is 18.2 Å². The number of hydrogen-bond acceptors (Lipinski definition) is 2. The van der Waals surface area contributed by atoms with Gasteiger partial charge in [-0.3, -0.25) is 4.79 Å². The molecule has 2 N–H and O–H groups in total. The molecule has 1 fully saturated rings. The van der Waals surface area contributed by atoms with Crippen molar-refractivity contribution in [3.8, 4) is 0 Å². The number of amides is 2. The Morgan fingerprint density at radius 3 is 2.79 bits per heavy atom. The fourth-order valence-corrected chi connectivity index (χ4v) is 2.42. The lowest BCUT2D eigenvalue weighted by molar-refractivity contribution is -0.141. The Kier molecular flexibility index (Phi) is 4.31. The van der Waals surface area contributed by atoms with E-state index in [-0.39, 0.29) is 12.6 Å². The van der Waals surface area contributed by atoms with Gasteiger partial charge in [0.2, 0.25) is 0 Å². The number of carbonyl (C=O) groups is 2. The lowest BCUT2D eigenvalue weighted by Gasteiger charge is -2.17. The van der Waals surface area contributed by atoms with Crippen LogP contribution >= 0.6 is 27.5 Å². The molecule has 0 radical (unpaired) electrons. The van der Waals surface area contributed by atoms with Crippen LogP contribution in [0.4, 0.5) is 10.5 Å². The van der Waals surface area contributed by atoms with Crippen molar-refractivity contribution in [1.82, 2.24) is 4.90 Å². The molecule has 1 aliphatic heterocycles. The molecule has 7 heteroatoms. The zero-order chi connectivity index (χ0) is 14.0. The number of benzene rings is 1. The summed E-state index contributed by atoms with van der Waals surface area (Å²) in [6, 6.07) is 4.77. The average Bonchev–Trinajstić information content (AvgIpc) is 2.83. The number of hydrogen-bond donors (Lipinski definition) is 2. The third-order valence-electron chi connectivity index (χ3n) is 3.00. The monoisotopic (exact) mass is 346 g/mol. The normalized spacial score (nSPS) is 18.4. The minimum atomic E-state index is -0.857. The van der Waals surface area contributed by atoms with E-state index in [0.717, 1.165) is 0 Å². The Morgan fingerprint density at radius 1 is 1.47 bits per heavy atom. The maximum absolute atomic E-state index is 12.0. The summed E-state index contributed by atoms with van der Waals surface area (Å²) in [5.74, 6) is -1.33. The van der Waals surface area contributed by atoms with E-state index < -0.39 is 11.9 Å². The second kappa shape index (κ2) is 5.79. The van der Waals surface area contributed by atoms with Crippen LogP contribution in [0.2, 0.25) is 5.02 Å². The van der Waals surface area contributed by atoms with Crippen molar-refractivity contribution in [1.29, 1.82) is 0 Å². The Bertz CT molecular complexity index is 524. The minimum Gasteiger partial charge on any atom is -0.481 e. The molecule has 0 aliphatic carbocycles. The number of halogens is 2. The number of urea groups is 1. The number of nitrogens with zero attached hydrogens (tertiary/aromatic N) is 1. The molecule has 1 aliphatic rings. The first kappa shape index (κ1) is 14.1. The van der Waals surface area contributed by atoms with Gasteiger partial charge in [-0.1, -0.05) is 11.6 Å². The van der Waals surface area contributed by atoms with E-state index in [2.05, 4.69) is 21.2 Å². The molecule has 2 rings (SSSR count). The van der Waals surface area contributed by atoms with Crippen molar-refractivity contribution >= 4 is 45.2 Å². The summed E-state index contributed by atoms with van der Waals surface area (Å²) >= 11 is 9.14. The molecular weight excluding hydrogens is 336 g/mol. The number of likely N-dealkylation sites (tertiary alicyclic amines) is 1. The first-order valence-electron chi connectivity index (χ1n) is 5.71. The van der Waals surface area contributed by atoms with Gasteiger partial charge in [0.15, 0.2) is 0 Å². The van der Waals surface area contributed by atoms with Gasteiger partial charge in [-0.05, 0) is 40.5 Å². The predicted molar refractivity (Wildman–Crippen MR) is 75.5 cm³/mol. The molecule has 0 bridgehead atoms. The summed E-state index contributed by atoms with van der Waals surface area (Å²) in [7, 11) is 0. The smallest absolute Gasteiger partial charge is 0.321 e. The highest BCUT2D eigenvalue weighted by molar-refractivity contribution is 9.10. The summed E-state index contributed by atoms with van der Waals surface area (Å²) in [5.41, 5.74) is 0.611. The standard InChI is InChI=1S/C12H12BrClN2O3/c13-9-5-8(1-2-10(9)14)15-12(19)16-4-3-7(6-16)11(17)18/h1-2,5,7H,3-4,6H2,(H,15,19)(H,17,18).